The zero-order valence-corrected chi connectivity index (χ0v) is 14.8. The maximum Gasteiger partial charge on any atom is 0.415 e. The minimum atomic E-state index is -0.855. The molecule has 2 unspecified atom stereocenters. The van der Waals surface area contributed by atoms with Gasteiger partial charge in [0.05, 0.1) is 19.2 Å². The molecule has 0 fully saturated rings. The molecule has 1 aliphatic rings. The predicted octanol–water partition coefficient (Wildman–Crippen LogP) is 3.79. The molecule has 0 spiro atoms. The zero-order valence-electron chi connectivity index (χ0n) is 14.8. The summed E-state index contributed by atoms with van der Waals surface area (Å²) in [5.41, 5.74) is 0.900. The van der Waals surface area contributed by atoms with Crippen LogP contribution in [-0.2, 0) is 9.53 Å². The van der Waals surface area contributed by atoms with E-state index < -0.39 is 17.7 Å². The fraction of sp³-hybridized carbons (Fsp3) is 0.556. The van der Waals surface area contributed by atoms with Crippen LogP contribution < -0.4 is 9.64 Å². The average molecular weight is 335 g/mol. The van der Waals surface area contributed by atoms with Gasteiger partial charge in [0.25, 0.3) is 0 Å². The molecule has 1 aliphatic heterocycles. The molecule has 132 valence electrons. The summed E-state index contributed by atoms with van der Waals surface area (Å²) < 4.78 is 10.8. The van der Waals surface area contributed by atoms with E-state index in [2.05, 4.69) is 0 Å². The molecule has 0 saturated heterocycles. The van der Waals surface area contributed by atoms with Crippen molar-refractivity contribution >= 4 is 17.7 Å². The number of amides is 1. The third-order valence-corrected chi connectivity index (χ3v) is 4.01. The maximum absolute atomic E-state index is 12.6. The molecule has 0 aromatic heterocycles. The van der Waals surface area contributed by atoms with Crippen molar-refractivity contribution in [3.63, 3.8) is 0 Å². The smallest absolute Gasteiger partial charge is 0.415 e. The number of methoxy groups -OCH3 is 1. The molecule has 0 bridgehead atoms. The first-order valence-corrected chi connectivity index (χ1v) is 8.04. The number of benzene rings is 1. The highest BCUT2D eigenvalue weighted by Crippen LogP contribution is 2.42. The van der Waals surface area contributed by atoms with Gasteiger partial charge in [0.2, 0.25) is 0 Å². The lowest BCUT2D eigenvalue weighted by Crippen LogP contribution is -2.46. The Labute approximate surface area is 142 Å². The number of carboxylic acids is 1. The van der Waals surface area contributed by atoms with Crippen LogP contribution in [0, 0.1) is 0 Å². The summed E-state index contributed by atoms with van der Waals surface area (Å²) in [6.07, 6.45) is 0.161. The quantitative estimate of drug-likeness (QED) is 0.909. The van der Waals surface area contributed by atoms with Gasteiger partial charge in [-0.3, -0.25) is 9.69 Å². The number of hydrogen-bond acceptors (Lipinski definition) is 4. The van der Waals surface area contributed by atoms with Crippen molar-refractivity contribution in [2.24, 2.45) is 0 Å². The minimum Gasteiger partial charge on any atom is -0.497 e. The Bertz CT molecular complexity index is 635. The van der Waals surface area contributed by atoms with Crippen molar-refractivity contribution in [1.82, 2.24) is 0 Å². The molecule has 2 atom stereocenters. The van der Waals surface area contributed by atoms with Crippen LogP contribution in [-0.4, -0.2) is 35.9 Å². The topological polar surface area (TPSA) is 76.1 Å². The highest BCUT2D eigenvalue weighted by Gasteiger charge is 2.37. The van der Waals surface area contributed by atoms with Crippen LogP contribution in [0.4, 0.5) is 10.5 Å². The lowest BCUT2D eigenvalue weighted by molar-refractivity contribution is -0.137. The highest BCUT2D eigenvalue weighted by molar-refractivity contribution is 5.91. The van der Waals surface area contributed by atoms with Crippen LogP contribution in [0.25, 0.3) is 0 Å². The van der Waals surface area contributed by atoms with Crippen LogP contribution in [0.2, 0.25) is 0 Å². The summed E-state index contributed by atoms with van der Waals surface area (Å²) >= 11 is 0. The number of rotatable bonds is 3. The van der Waals surface area contributed by atoms with Gasteiger partial charge in [0.1, 0.15) is 11.4 Å². The molecule has 0 radical (unpaired) electrons. The Balaban J connectivity index is 2.44. The monoisotopic (exact) mass is 335 g/mol. The third kappa shape index (κ3) is 3.99. The highest BCUT2D eigenvalue weighted by atomic mass is 16.6. The molecule has 0 aliphatic carbocycles. The van der Waals surface area contributed by atoms with E-state index in [1.807, 2.05) is 33.8 Å². The second kappa shape index (κ2) is 6.71. The Kier molecular flexibility index (Phi) is 5.06. The number of carbonyl (C=O) groups excluding carboxylic acids is 1. The normalized spacial score (nSPS) is 20.3. The molecule has 1 amide bonds. The molecule has 2 rings (SSSR count). The number of aliphatic carboxylic acids is 1. The zero-order chi connectivity index (χ0) is 18.1. The maximum atomic E-state index is 12.6. The molecule has 6 nitrogen and oxygen atoms in total. The summed E-state index contributed by atoms with van der Waals surface area (Å²) in [6, 6.07) is 5.23. The van der Waals surface area contributed by atoms with Gasteiger partial charge in [-0.1, -0.05) is 0 Å². The van der Waals surface area contributed by atoms with Gasteiger partial charge in [0, 0.05) is 6.04 Å². The fourth-order valence-corrected chi connectivity index (χ4v) is 3.08. The van der Waals surface area contributed by atoms with Crippen molar-refractivity contribution in [3.05, 3.63) is 23.8 Å². The van der Waals surface area contributed by atoms with Gasteiger partial charge in [-0.05, 0) is 63.8 Å². The number of hydrogen-bond donors (Lipinski definition) is 1. The lowest BCUT2D eigenvalue weighted by Gasteiger charge is -2.39. The number of ether oxygens (including phenoxy) is 2. The van der Waals surface area contributed by atoms with Gasteiger partial charge in [-0.15, -0.1) is 0 Å². The number of anilines is 1. The van der Waals surface area contributed by atoms with E-state index in [4.69, 9.17) is 9.47 Å². The molecule has 1 aromatic rings. The second-order valence-corrected chi connectivity index (χ2v) is 7.15. The van der Waals surface area contributed by atoms with E-state index in [9.17, 15) is 14.7 Å². The Morgan fingerprint density at radius 1 is 1.33 bits per heavy atom. The van der Waals surface area contributed by atoms with Crippen molar-refractivity contribution in [2.45, 2.75) is 58.1 Å². The molecule has 1 N–H and O–H groups in total. The van der Waals surface area contributed by atoms with Crippen LogP contribution in [0.1, 0.15) is 52.0 Å². The largest absolute Gasteiger partial charge is 0.497 e. The van der Waals surface area contributed by atoms with Crippen molar-refractivity contribution in [1.29, 1.82) is 0 Å². The van der Waals surface area contributed by atoms with E-state index in [-0.39, 0.29) is 18.4 Å². The van der Waals surface area contributed by atoms with E-state index in [1.54, 1.807) is 24.1 Å². The standard InChI is InChI=1S/C18H25NO5/c1-11-8-12(9-16(20)21)14-10-13(23-5)6-7-15(14)19(11)17(22)24-18(2,3)4/h6-7,10-12H,8-9H2,1-5H3,(H,20,21). The molecular weight excluding hydrogens is 310 g/mol. The van der Waals surface area contributed by atoms with Gasteiger partial charge < -0.3 is 14.6 Å². The van der Waals surface area contributed by atoms with E-state index >= 15 is 0 Å². The van der Waals surface area contributed by atoms with Crippen molar-refractivity contribution in [3.8, 4) is 5.75 Å². The van der Waals surface area contributed by atoms with Crippen molar-refractivity contribution in [2.75, 3.05) is 12.0 Å². The van der Waals surface area contributed by atoms with E-state index in [0.717, 1.165) is 5.56 Å². The molecule has 6 heteroatoms. The molecule has 0 saturated carbocycles. The number of carbonyl (C=O) groups is 2. The Morgan fingerprint density at radius 2 is 2.00 bits per heavy atom. The van der Waals surface area contributed by atoms with Crippen molar-refractivity contribution < 1.29 is 24.2 Å². The van der Waals surface area contributed by atoms with Crippen LogP contribution in [0.5, 0.6) is 5.75 Å². The average Bonchev–Trinajstić information content (AvgIpc) is 2.44. The van der Waals surface area contributed by atoms with Crippen LogP contribution in [0.3, 0.4) is 0 Å². The first-order chi connectivity index (χ1) is 11.1. The number of nitrogens with zero attached hydrogens (tertiary/aromatic N) is 1. The summed E-state index contributed by atoms with van der Waals surface area (Å²) in [5.74, 6) is -0.379. The Hall–Kier alpha value is -2.24. The summed E-state index contributed by atoms with van der Waals surface area (Å²) in [6.45, 7) is 7.37. The lowest BCUT2D eigenvalue weighted by atomic mass is 9.84. The first kappa shape index (κ1) is 18.1. The molecule has 1 aromatic carbocycles. The van der Waals surface area contributed by atoms with Crippen LogP contribution >= 0.6 is 0 Å². The summed E-state index contributed by atoms with van der Waals surface area (Å²) in [4.78, 5) is 25.4. The van der Waals surface area contributed by atoms with Gasteiger partial charge in [-0.25, -0.2) is 4.79 Å². The number of fused-ring (bicyclic) bond motifs is 1. The minimum absolute atomic E-state index is 0.0205. The van der Waals surface area contributed by atoms with E-state index in [0.29, 0.717) is 17.9 Å². The van der Waals surface area contributed by atoms with E-state index in [1.165, 1.54) is 0 Å². The second-order valence-electron chi connectivity index (χ2n) is 7.15. The molecule has 1 heterocycles. The SMILES string of the molecule is COc1ccc2c(c1)C(CC(=O)O)CC(C)N2C(=O)OC(C)(C)C. The fourth-order valence-electron chi connectivity index (χ4n) is 3.08. The van der Waals surface area contributed by atoms with Gasteiger partial charge >= 0.3 is 12.1 Å². The van der Waals surface area contributed by atoms with Gasteiger partial charge in [0.15, 0.2) is 0 Å². The predicted molar refractivity (Wildman–Crippen MR) is 90.8 cm³/mol. The molecule has 24 heavy (non-hydrogen) atoms. The number of carboxylic acid groups (broad SMARTS) is 1. The molecular formula is C18H25NO5. The first-order valence-electron chi connectivity index (χ1n) is 8.04. The van der Waals surface area contributed by atoms with Crippen LogP contribution in [0.15, 0.2) is 18.2 Å². The summed E-state index contributed by atoms with van der Waals surface area (Å²) in [5, 5.41) is 9.20. The van der Waals surface area contributed by atoms with Gasteiger partial charge in [-0.2, -0.15) is 0 Å². The summed E-state index contributed by atoms with van der Waals surface area (Å²) in [7, 11) is 1.56. The Morgan fingerprint density at radius 3 is 2.54 bits per heavy atom. The third-order valence-electron chi connectivity index (χ3n) is 4.01.